The zero-order valence-corrected chi connectivity index (χ0v) is 11.6. The van der Waals surface area contributed by atoms with Crippen molar-refractivity contribution in [3.05, 3.63) is 35.9 Å². The first-order valence-corrected chi connectivity index (χ1v) is 6.82. The summed E-state index contributed by atoms with van der Waals surface area (Å²) in [6, 6.07) is 8.97. The smallest absolute Gasteiger partial charge is 0.328 e. The van der Waals surface area contributed by atoms with Crippen molar-refractivity contribution in [3.63, 3.8) is 0 Å². The molecule has 1 aromatic rings. The molecule has 0 bridgehead atoms. The third-order valence-electron chi connectivity index (χ3n) is 3.74. The molecule has 5 nitrogen and oxygen atoms in total. The van der Waals surface area contributed by atoms with Gasteiger partial charge in [-0.05, 0) is 18.4 Å². The van der Waals surface area contributed by atoms with E-state index in [2.05, 4.69) is 0 Å². The van der Waals surface area contributed by atoms with Crippen molar-refractivity contribution in [1.82, 2.24) is 4.90 Å². The van der Waals surface area contributed by atoms with Crippen molar-refractivity contribution in [2.75, 3.05) is 20.2 Å². The average molecular weight is 276 g/mol. The molecule has 1 aliphatic heterocycles. The Morgan fingerprint density at radius 1 is 1.40 bits per heavy atom. The monoisotopic (exact) mass is 276 g/mol. The fourth-order valence-electron chi connectivity index (χ4n) is 2.68. The van der Waals surface area contributed by atoms with E-state index in [0.29, 0.717) is 13.0 Å². The highest BCUT2D eigenvalue weighted by Crippen LogP contribution is 2.25. The molecule has 20 heavy (non-hydrogen) atoms. The van der Waals surface area contributed by atoms with Crippen LogP contribution in [0.1, 0.15) is 24.3 Å². The van der Waals surface area contributed by atoms with E-state index in [1.807, 2.05) is 30.3 Å². The number of likely N-dealkylation sites (tertiary alicyclic amines) is 1. The van der Waals surface area contributed by atoms with Gasteiger partial charge in [-0.3, -0.25) is 4.79 Å². The highest BCUT2D eigenvalue weighted by Gasteiger charge is 2.37. The van der Waals surface area contributed by atoms with Crippen molar-refractivity contribution in [1.29, 1.82) is 0 Å². The molecule has 1 saturated heterocycles. The van der Waals surface area contributed by atoms with Gasteiger partial charge in [0, 0.05) is 13.1 Å². The number of nitrogens with zero attached hydrogens (tertiary/aromatic N) is 1. The van der Waals surface area contributed by atoms with Crippen molar-refractivity contribution < 1.29 is 14.3 Å². The van der Waals surface area contributed by atoms with Crippen LogP contribution in [-0.4, -0.2) is 43.0 Å². The molecule has 0 radical (unpaired) electrons. The lowest BCUT2D eigenvalue weighted by Crippen LogP contribution is -2.44. The van der Waals surface area contributed by atoms with Gasteiger partial charge in [0.1, 0.15) is 6.04 Å². The maximum Gasteiger partial charge on any atom is 0.328 e. The first-order chi connectivity index (χ1) is 9.69. The Kier molecular flexibility index (Phi) is 4.74. The summed E-state index contributed by atoms with van der Waals surface area (Å²) in [4.78, 5) is 26.0. The topological polar surface area (TPSA) is 72.6 Å². The molecule has 0 saturated carbocycles. The SMILES string of the molecule is COC(=O)C1CCCN1C(=O)C(CN)c1ccccc1. The fraction of sp³-hybridized carbons (Fsp3) is 0.467. The van der Waals surface area contributed by atoms with E-state index in [1.165, 1.54) is 7.11 Å². The van der Waals surface area contributed by atoms with Gasteiger partial charge in [-0.15, -0.1) is 0 Å². The van der Waals surface area contributed by atoms with Crippen molar-refractivity contribution in [2.45, 2.75) is 24.8 Å². The lowest BCUT2D eigenvalue weighted by Gasteiger charge is -2.27. The van der Waals surface area contributed by atoms with Crippen LogP contribution in [0.4, 0.5) is 0 Å². The summed E-state index contributed by atoms with van der Waals surface area (Å²) in [7, 11) is 1.35. The molecule has 2 unspecified atom stereocenters. The Morgan fingerprint density at radius 3 is 2.70 bits per heavy atom. The highest BCUT2D eigenvalue weighted by atomic mass is 16.5. The van der Waals surface area contributed by atoms with E-state index in [9.17, 15) is 9.59 Å². The van der Waals surface area contributed by atoms with Gasteiger partial charge in [0.05, 0.1) is 13.0 Å². The number of amides is 1. The zero-order chi connectivity index (χ0) is 14.5. The van der Waals surface area contributed by atoms with Crippen LogP contribution < -0.4 is 5.73 Å². The first-order valence-electron chi connectivity index (χ1n) is 6.82. The number of benzene rings is 1. The molecule has 0 spiro atoms. The summed E-state index contributed by atoms with van der Waals surface area (Å²) in [6.45, 7) is 0.815. The molecule has 1 fully saturated rings. The Labute approximate surface area is 118 Å². The number of ether oxygens (including phenoxy) is 1. The first kappa shape index (κ1) is 14.5. The molecule has 2 N–H and O–H groups in total. The zero-order valence-electron chi connectivity index (χ0n) is 11.6. The Hall–Kier alpha value is -1.88. The van der Waals surface area contributed by atoms with Crippen molar-refractivity contribution in [2.24, 2.45) is 5.73 Å². The van der Waals surface area contributed by atoms with Crippen LogP contribution in [-0.2, 0) is 14.3 Å². The standard InChI is InChI=1S/C15H20N2O3/c1-20-15(19)13-8-5-9-17(13)14(18)12(10-16)11-6-3-2-4-7-11/h2-4,6-7,12-13H,5,8-10,16H2,1H3. The summed E-state index contributed by atoms with van der Waals surface area (Å²) in [5.41, 5.74) is 6.65. The molecule has 2 atom stereocenters. The van der Waals surface area contributed by atoms with Gasteiger partial charge in [0.2, 0.25) is 5.91 Å². The number of carbonyl (C=O) groups excluding carboxylic acids is 2. The molecule has 1 heterocycles. The Balaban J connectivity index is 2.18. The van der Waals surface area contributed by atoms with Crippen LogP contribution >= 0.6 is 0 Å². The maximum atomic E-state index is 12.6. The Bertz CT molecular complexity index is 475. The van der Waals surface area contributed by atoms with Gasteiger partial charge >= 0.3 is 5.97 Å². The summed E-state index contributed by atoms with van der Waals surface area (Å²) < 4.78 is 4.77. The van der Waals surface area contributed by atoms with Gasteiger partial charge in [-0.2, -0.15) is 0 Å². The second kappa shape index (κ2) is 6.52. The highest BCUT2D eigenvalue weighted by molar-refractivity contribution is 5.89. The fourth-order valence-corrected chi connectivity index (χ4v) is 2.68. The van der Waals surface area contributed by atoms with Gasteiger partial charge in [-0.1, -0.05) is 30.3 Å². The number of hydrogen-bond acceptors (Lipinski definition) is 4. The van der Waals surface area contributed by atoms with Gasteiger partial charge in [-0.25, -0.2) is 4.79 Å². The molecular weight excluding hydrogens is 256 g/mol. The largest absolute Gasteiger partial charge is 0.467 e. The molecule has 0 aromatic heterocycles. The second-order valence-corrected chi connectivity index (χ2v) is 4.91. The van der Waals surface area contributed by atoms with E-state index in [4.69, 9.17) is 10.5 Å². The molecule has 0 aliphatic carbocycles. The number of carbonyl (C=O) groups is 2. The molecule has 1 aliphatic rings. The predicted octanol–water partition coefficient (Wildman–Crippen LogP) is 0.893. The minimum Gasteiger partial charge on any atom is -0.467 e. The minimum atomic E-state index is -0.467. The number of esters is 1. The van der Waals surface area contributed by atoms with Crippen LogP contribution in [0.3, 0.4) is 0 Å². The third-order valence-corrected chi connectivity index (χ3v) is 3.74. The summed E-state index contributed by atoms with van der Waals surface area (Å²) in [6.07, 6.45) is 1.47. The molecule has 1 amide bonds. The molecule has 2 rings (SSSR count). The molecule has 108 valence electrons. The van der Waals surface area contributed by atoms with Crippen molar-refractivity contribution in [3.8, 4) is 0 Å². The quantitative estimate of drug-likeness (QED) is 0.829. The second-order valence-electron chi connectivity index (χ2n) is 4.91. The third kappa shape index (κ3) is 2.82. The van der Waals surface area contributed by atoms with Crippen LogP contribution in [0.5, 0.6) is 0 Å². The average Bonchev–Trinajstić information content (AvgIpc) is 2.97. The number of hydrogen-bond donors (Lipinski definition) is 1. The number of methoxy groups -OCH3 is 1. The lowest BCUT2D eigenvalue weighted by atomic mass is 9.97. The van der Waals surface area contributed by atoms with Gasteiger partial charge in [0.25, 0.3) is 0 Å². The summed E-state index contributed by atoms with van der Waals surface area (Å²) >= 11 is 0. The summed E-state index contributed by atoms with van der Waals surface area (Å²) in [5, 5.41) is 0. The summed E-state index contributed by atoms with van der Waals surface area (Å²) in [5.74, 6) is -0.840. The van der Waals surface area contributed by atoms with E-state index >= 15 is 0 Å². The van der Waals surface area contributed by atoms with E-state index < -0.39 is 12.0 Å². The number of nitrogens with two attached hydrogens (primary N) is 1. The molecule has 5 heteroatoms. The van der Waals surface area contributed by atoms with Crippen LogP contribution in [0.25, 0.3) is 0 Å². The molecule has 1 aromatic carbocycles. The Morgan fingerprint density at radius 2 is 2.10 bits per heavy atom. The van der Waals surface area contributed by atoms with E-state index in [1.54, 1.807) is 4.90 Å². The van der Waals surface area contributed by atoms with Crippen molar-refractivity contribution >= 4 is 11.9 Å². The predicted molar refractivity (Wildman–Crippen MR) is 75.0 cm³/mol. The van der Waals surface area contributed by atoms with E-state index in [0.717, 1.165) is 12.0 Å². The lowest BCUT2D eigenvalue weighted by molar-refractivity contribution is -0.151. The maximum absolute atomic E-state index is 12.6. The normalized spacial score (nSPS) is 19.7. The van der Waals surface area contributed by atoms with Gasteiger partial charge < -0.3 is 15.4 Å². The van der Waals surface area contributed by atoms with Crippen LogP contribution in [0.15, 0.2) is 30.3 Å². The van der Waals surface area contributed by atoms with Gasteiger partial charge in [0.15, 0.2) is 0 Å². The number of rotatable bonds is 4. The molecular formula is C15H20N2O3. The van der Waals surface area contributed by atoms with E-state index in [-0.39, 0.29) is 18.4 Å². The van der Waals surface area contributed by atoms with Crippen LogP contribution in [0.2, 0.25) is 0 Å². The van der Waals surface area contributed by atoms with Crippen LogP contribution in [0, 0.1) is 0 Å². The minimum absolute atomic E-state index is 0.0911.